The first kappa shape index (κ1) is 14.4. The van der Waals surface area contributed by atoms with E-state index >= 15 is 0 Å². The van der Waals surface area contributed by atoms with Gasteiger partial charge in [0.05, 0.1) is 4.92 Å². The molecule has 2 N–H and O–H groups in total. The van der Waals surface area contributed by atoms with Gasteiger partial charge >= 0.3 is 0 Å². The molecule has 0 saturated carbocycles. The highest BCUT2D eigenvalue weighted by Crippen LogP contribution is 2.35. The van der Waals surface area contributed by atoms with E-state index in [2.05, 4.69) is 20.9 Å². The van der Waals surface area contributed by atoms with Gasteiger partial charge < -0.3 is 10.5 Å². The molecule has 0 aliphatic carbocycles. The van der Waals surface area contributed by atoms with Gasteiger partial charge in [-0.25, -0.2) is 4.98 Å². The van der Waals surface area contributed by atoms with Gasteiger partial charge in [-0.2, -0.15) is 0 Å². The number of benzene rings is 1. The maximum atomic E-state index is 10.8. The molecule has 0 fully saturated rings. The number of pyridine rings is 1. The molecule has 20 heavy (non-hydrogen) atoms. The van der Waals surface area contributed by atoms with Gasteiger partial charge in [-0.05, 0) is 34.5 Å². The van der Waals surface area contributed by atoms with Crippen molar-refractivity contribution >= 4 is 21.6 Å². The van der Waals surface area contributed by atoms with Crippen molar-refractivity contribution < 1.29 is 9.66 Å². The van der Waals surface area contributed by atoms with Crippen molar-refractivity contribution in [1.29, 1.82) is 0 Å². The van der Waals surface area contributed by atoms with E-state index in [1.807, 2.05) is 6.92 Å². The van der Waals surface area contributed by atoms with Crippen molar-refractivity contribution in [3.63, 3.8) is 0 Å². The maximum Gasteiger partial charge on any atom is 0.287 e. The third kappa shape index (κ3) is 3.12. The molecule has 0 radical (unpaired) electrons. The first-order chi connectivity index (χ1) is 9.49. The molecule has 2 aromatic rings. The van der Waals surface area contributed by atoms with Gasteiger partial charge in [-0.1, -0.05) is 12.1 Å². The zero-order chi connectivity index (χ0) is 14.7. The maximum absolute atomic E-state index is 10.8. The number of halogens is 1. The molecule has 2 rings (SSSR count). The second kappa shape index (κ2) is 5.98. The molecular weight excluding hydrogens is 326 g/mol. The fraction of sp³-hybridized carbons (Fsp3) is 0.154. The molecule has 7 heteroatoms. The summed E-state index contributed by atoms with van der Waals surface area (Å²) in [7, 11) is 0. The van der Waals surface area contributed by atoms with E-state index < -0.39 is 4.92 Å². The van der Waals surface area contributed by atoms with Crippen LogP contribution < -0.4 is 10.5 Å². The number of hydrogen-bond donors (Lipinski definition) is 1. The Balaban J connectivity index is 2.26. The molecule has 1 atom stereocenters. The second-order valence-electron chi connectivity index (χ2n) is 4.17. The standard InChI is InChI=1S/C13H12BrN3O3/c1-8(15)9-5-6-12(16-7-9)20-11-4-2-3-10(13(11)14)17(18)19/h2-8H,15H2,1H3/t8-/m1/s1. The fourth-order valence-electron chi connectivity index (χ4n) is 1.55. The average molecular weight is 338 g/mol. The molecule has 0 aliphatic heterocycles. The van der Waals surface area contributed by atoms with E-state index in [0.717, 1.165) is 5.56 Å². The largest absolute Gasteiger partial charge is 0.438 e. The average Bonchev–Trinajstić information content (AvgIpc) is 2.41. The van der Waals surface area contributed by atoms with Crippen molar-refractivity contribution in [2.75, 3.05) is 0 Å². The third-order valence-electron chi connectivity index (χ3n) is 2.64. The van der Waals surface area contributed by atoms with Gasteiger partial charge in [0.1, 0.15) is 4.47 Å². The topological polar surface area (TPSA) is 91.3 Å². The van der Waals surface area contributed by atoms with Crippen LogP contribution in [0.4, 0.5) is 5.69 Å². The number of nitro groups is 1. The molecular formula is C13H12BrN3O3. The van der Waals surface area contributed by atoms with Crippen LogP contribution in [0.5, 0.6) is 11.6 Å². The van der Waals surface area contributed by atoms with Crippen LogP contribution in [0.3, 0.4) is 0 Å². The van der Waals surface area contributed by atoms with Gasteiger partial charge in [0.2, 0.25) is 5.88 Å². The van der Waals surface area contributed by atoms with Crippen molar-refractivity contribution in [3.05, 3.63) is 56.7 Å². The van der Waals surface area contributed by atoms with Crippen LogP contribution >= 0.6 is 15.9 Å². The van der Waals surface area contributed by atoms with E-state index in [4.69, 9.17) is 10.5 Å². The van der Waals surface area contributed by atoms with Crippen LogP contribution in [0, 0.1) is 10.1 Å². The van der Waals surface area contributed by atoms with E-state index in [-0.39, 0.29) is 16.2 Å². The minimum Gasteiger partial charge on any atom is -0.438 e. The first-order valence-electron chi connectivity index (χ1n) is 5.81. The van der Waals surface area contributed by atoms with E-state index in [0.29, 0.717) is 11.6 Å². The second-order valence-corrected chi connectivity index (χ2v) is 4.96. The number of rotatable bonds is 4. The molecule has 1 aromatic carbocycles. The van der Waals surface area contributed by atoms with Crippen LogP contribution in [0.25, 0.3) is 0 Å². The highest BCUT2D eigenvalue weighted by molar-refractivity contribution is 9.10. The number of nitrogens with two attached hydrogens (primary N) is 1. The normalized spacial score (nSPS) is 11.9. The van der Waals surface area contributed by atoms with Gasteiger partial charge in [-0.3, -0.25) is 10.1 Å². The summed E-state index contributed by atoms with van der Waals surface area (Å²) in [6, 6.07) is 7.93. The zero-order valence-electron chi connectivity index (χ0n) is 10.6. The van der Waals surface area contributed by atoms with Crippen molar-refractivity contribution in [2.45, 2.75) is 13.0 Å². The Bertz CT molecular complexity index is 629. The number of ether oxygens (including phenoxy) is 1. The lowest BCUT2D eigenvalue weighted by molar-refractivity contribution is -0.385. The molecule has 0 unspecified atom stereocenters. The fourth-order valence-corrected chi connectivity index (χ4v) is 2.04. The summed E-state index contributed by atoms with van der Waals surface area (Å²) in [4.78, 5) is 14.5. The van der Waals surface area contributed by atoms with Crippen LogP contribution in [0.1, 0.15) is 18.5 Å². The molecule has 1 heterocycles. The quantitative estimate of drug-likeness (QED) is 0.680. The Morgan fingerprint density at radius 3 is 2.70 bits per heavy atom. The summed E-state index contributed by atoms with van der Waals surface area (Å²) in [6.45, 7) is 1.86. The van der Waals surface area contributed by atoms with Crippen molar-refractivity contribution in [3.8, 4) is 11.6 Å². The molecule has 6 nitrogen and oxygen atoms in total. The lowest BCUT2D eigenvalue weighted by Crippen LogP contribution is -2.05. The predicted molar refractivity (Wildman–Crippen MR) is 77.7 cm³/mol. The Kier molecular flexibility index (Phi) is 4.31. The monoisotopic (exact) mass is 337 g/mol. The highest BCUT2D eigenvalue weighted by atomic mass is 79.9. The molecule has 0 bridgehead atoms. The van der Waals surface area contributed by atoms with E-state index in [1.54, 1.807) is 30.5 Å². The minimum atomic E-state index is -0.483. The Morgan fingerprint density at radius 1 is 1.40 bits per heavy atom. The Morgan fingerprint density at radius 2 is 2.15 bits per heavy atom. The highest BCUT2D eigenvalue weighted by Gasteiger charge is 2.16. The van der Waals surface area contributed by atoms with Crippen molar-refractivity contribution in [2.24, 2.45) is 5.73 Å². The summed E-state index contributed by atoms with van der Waals surface area (Å²) in [5, 5.41) is 10.8. The van der Waals surface area contributed by atoms with Crippen LogP contribution in [0.15, 0.2) is 41.0 Å². The van der Waals surface area contributed by atoms with Gasteiger partial charge in [0.15, 0.2) is 5.75 Å². The van der Waals surface area contributed by atoms with Crippen LogP contribution in [0.2, 0.25) is 0 Å². The van der Waals surface area contributed by atoms with E-state index in [9.17, 15) is 10.1 Å². The predicted octanol–water partition coefficient (Wildman–Crippen LogP) is 3.56. The Labute approximate surface area is 123 Å². The summed E-state index contributed by atoms with van der Waals surface area (Å²) in [5.74, 6) is 0.677. The summed E-state index contributed by atoms with van der Waals surface area (Å²) in [5.41, 5.74) is 6.55. The van der Waals surface area contributed by atoms with Gasteiger partial charge in [0, 0.05) is 24.4 Å². The molecule has 0 amide bonds. The Hall–Kier alpha value is -1.99. The summed E-state index contributed by atoms with van der Waals surface area (Å²) < 4.78 is 5.81. The van der Waals surface area contributed by atoms with Crippen molar-refractivity contribution in [1.82, 2.24) is 4.98 Å². The van der Waals surface area contributed by atoms with Crippen LogP contribution in [-0.4, -0.2) is 9.91 Å². The lowest BCUT2D eigenvalue weighted by Gasteiger charge is -2.08. The zero-order valence-corrected chi connectivity index (χ0v) is 12.2. The number of nitrogens with zero attached hydrogens (tertiary/aromatic N) is 2. The molecule has 1 aromatic heterocycles. The number of nitro benzene ring substituents is 1. The van der Waals surface area contributed by atoms with E-state index in [1.165, 1.54) is 6.07 Å². The SMILES string of the molecule is C[C@@H](N)c1ccc(Oc2cccc([N+](=O)[O-])c2Br)nc1. The molecule has 0 aliphatic rings. The van der Waals surface area contributed by atoms with Gasteiger partial charge in [0.25, 0.3) is 5.69 Å². The number of hydrogen-bond acceptors (Lipinski definition) is 5. The minimum absolute atomic E-state index is 0.0605. The summed E-state index contributed by atoms with van der Waals surface area (Å²) >= 11 is 3.16. The molecule has 104 valence electrons. The molecule has 0 spiro atoms. The number of aromatic nitrogens is 1. The molecule has 0 saturated heterocycles. The summed E-state index contributed by atoms with van der Waals surface area (Å²) in [6.07, 6.45) is 1.62. The first-order valence-corrected chi connectivity index (χ1v) is 6.60. The third-order valence-corrected chi connectivity index (χ3v) is 3.44. The smallest absolute Gasteiger partial charge is 0.287 e. The van der Waals surface area contributed by atoms with Gasteiger partial charge in [-0.15, -0.1) is 0 Å². The van der Waals surface area contributed by atoms with Crippen LogP contribution in [-0.2, 0) is 0 Å². The lowest BCUT2D eigenvalue weighted by atomic mass is 10.2.